The highest BCUT2D eigenvalue weighted by Gasteiger charge is 2.43. The number of carbonyl (C=O) groups is 1. The van der Waals surface area contributed by atoms with Crippen molar-refractivity contribution in [3.63, 3.8) is 0 Å². The van der Waals surface area contributed by atoms with Crippen LogP contribution in [-0.2, 0) is 0 Å². The molecule has 1 amide bonds. The van der Waals surface area contributed by atoms with Crippen LogP contribution in [0.2, 0.25) is 0 Å². The topological polar surface area (TPSA) is 88.6 Å². The Morgan fingerprint density at radius 1 is 1.04 bits per heavy atom. The second kappa shape index (κ2) is 6.23. The molecule has 0 saturated heterocycles. The van der Waals surface area contributed by atoms with E-state index in [4.69, 9.17) is 4.42 Å². The van der Waals surface area contributed by atoms with E-state index in [1.54, 1.807) is 12.1 Å². The summed E-state index contributed by atoms with van der Waals surface area (Å²) in [6, 6.07) is 17.6. The molecule has 0 spiro atoms. The first-order chi connectivity index (χ1) is 13.6. The van der Waals surface area contributed by atoms with Gasteiger partial charge >= 0.3 is 0 Å². The minimum Gasteiger partial charge on any atom is -0.457 e. The monoisotopic (exact) mass is 375 g/mol. The highest BCUT2D eigenvalue weighted by atomic mass is 16.6. The zero-order valence-electron chi connectivity index (χ0n) is 14.9. The van der Waals surface area contributed by atoms with Crippen LogP contribution in [0.15, 0.2) is 65.1 Å². The van der Waals surface area contributed by atoms with Crippen LogP contribution in [0.4, 0.5) is 11.4 Å². The highest BCUT2D eigenvalue weighted by Crippen LogP contribution is 2.41. The molecule has 0 unspecified atom stereocenters. The minimum atomic E-state index is -0.431. The quantitative estimate of drug-likeness (QED) is 0.532. The van der Waals surface area contributed by atoms with Crippen LogP contribution < -0.4 is 5.32 Å². The molecule has 1 aliphatic heterocycles. The van der Waals surface area contributed by atoms with E-state index in [2.05, 4.69) is 5.32 Å². The molecule has 2 aromatic carbocycles. The fourth-order valence-corrected chi connectivity index (χ4v) is 3.61. The third-order valence-electron chi connectivity index (χ3n) is 5.16. The lowest BCUT2D eigenvalue weighted by Gasteiger charge is -2.37. The minimum absolute atomic E-state index is 0.00939. The van der Waals surface area contributed by atoms with Crippen LogP contribution in [-0.4, -0.2) is 21.8 Å². The second-order valence-electron chi connectivity index (χ2n) is 7.04. The van der Waals surface area contributed by atoms with Gasteiger partial charge in [-0.15, -0.1) is 0 Å². The Balaban J connectivity index is 1.49. The van der Waals surface area contributed by atoms with Gasteiger partial charge in [0.1, 0.15) is 11.5 Å². The Morgan fingerprint density at radius 2 is 1.79 bits per heavy atom. The normalized spacial score (nSPS) is 18.5. The summed E-state index contributed by atoms with van der Waals surface area (Å²) >= 11 is 0. The molecule has 0 radical (unpaired) electrons. The fraction of sp³-hybridized carbons (Fsp3) is 0.190. The van der Waals surface area contributed by atoms with Crippen LogP contribution in [0.1, 0.15) is 35.1 Å². The summed E-state index contributed by atoms with van der Waals surface area (Å²) in [7, 11) is 0. The molecular weight excluding hydrogens is 358 g/mol. The second-order valence-corrected chi connectivity index (χ2v) is 7.04. The van der Waals surface area contributed by atoms with Gasteiger partial charge in [0, 0.05) is 29.4 Å². The molecule has 1 saturated carbocycles. The first-order valence-electron chi connectivity index (χ1n) is 9.14. The van der Waals surface area contributed by atoms with E-state index >= 15 is 0 Å². The number of nitro groups is 1. The molecule has 2 heterocycles. The van der Waals surface area contributed by atoms with E-state index < -0.39 is 4.92 Å². The summed E-state index contributed by atoms with van der Waals surface area (Å²) in [6.45, 7) is 0. The summed E-state index contributed by atoms with van der Waals surface area (Å²) in [5.74, 6) is 1.26. The van der Waals surface area contributed by atoms with Gasteiger partial charge in [0.25, 0.3) is 11.6 Å². The number of furan rings is 1. The van der Waals surface area contributed by atoms with Crippen molar-refractivity contribution in [1.82, 2.24) is 4.90 Å². The van der Waals surface area contributed by atoms with Gasteiger partial charge in [-0.05, 0) is 49.2 Å². The summed E-state index contributed by atoms with van der Waals surface area (Å²) in [4.78, 5) is 25.3. The molecule has 5 rings (SSSR count). The van der Waals surface area contributed by atoms with Gasteiger partial charge < -0.3 is 14.6 Å². The predicted molar refractivity (Wildman–Crippen MR) is 103 cm³/mol. The smallest absolute Gasteiger partial charge is 0.269 e. The molecule has 7 nitrogen and oxygen atoms in total. The number of amides is 1. The zero-order chi connectivity index (χ0) is 19.3. The van der Waals surface area contributed by atoms with Crippen molar-refractivity contribution in [2.24, 2.45) is 0 Å². The van der Waals surface area contributed by atoms with Crippen LogP contribution >= 0.6 is 0 Å². The highest BCUT2D eigenvalue weighted by molar-refractivity contribution is 6.02. The van der Waals surface area contributed by atoms with E-state index in [-0.39, 0.29) is 23.8 Å². The van der Waals surface area contributed by atoms with Crippen LogP contribution in [0.3, 0.4) is 0 Å². The molecule has 1 aliphatic carbocycles. The summed E-state index contributed by atoms with van der Waals surface area (Å²) in [6.07, 6.45) is 1.60. The maximum absolute atomic E-state index is 13.0. The Kier molecular flexibility index (Phi) is 3.68. The molecule has 3 aromatic rings. The number of rotatable bonds is 4. The van der Waals surface area contributed by atoms with Crippen LogP contribution in [0.25, 0.3) is 11.3 Å². The van der Waals surface area contributed by atoms with E-state index in [0.29, 0.717) is 17.1 Å². The van der Waals surface area contributed by atoms with Gasteiger partial charge in [0.15, 0.2) is 6.17 Å². The number of nitrogens with zero attached hydrogens (tertiary/aromatic N) is 2. The lowest BCUT2D eigenvalue weighted by Crippen LogP contribution is -2.44. The van der Waals surface area contributed by atoms with Gasteiger partial charge in [-0.25, -0.2) is 0 Å². The predicted octanol–water partition coefficient (Wildman–Crippen LogP) is 4.58. The first kappa shape index (κ1) is 16.6. The number of nitro benzene ring substituents is 1. The SMILES string of the molecule is O=C1c2ccccc2N[C@@H](c2ccc(-c3ccc([N+](=O)[O-])cc3)o2)N1C1CC1. The number of para-hydroxylation sites is 1. The van der Waals surface area contributed by atoms with Crippen molar-refractivity contribution in [3.05, 3.63) is 82.1 Å². The van der Waals surface area contributed by atoms with Crippen molar-refractivity contribution < 1.29 is 14.1 Å². The van der Waals surface area contributed by atoms with Crippen molar-refractivity contribution in [2.45, 2.75) is 25.0 Å². The zero-order valence-corrected chi connectivity index (χ0v) is 14.9. The average Bonchev–Trinajstić information content (AvgIpc) is 3.43. The Morgan fingerprint density at radius 3 is 2.50 bits per heavy atom. The molecule has 2 aliphatic rings. The van der Waals surface area contributed by atoms with Crippen LogP contribution in [0.5, 0.6) is 0 Å². The number of carbonyl (C=O) groups excluding carboxylic acids is 1. The molecule has 0 bridgehead atoms. The van der Waals surface area contributed by atoms with Crippen molar-refractivity contribution >= 4 is 17.3 Å². The fourth-order valence-electron chi connectivity index (χ4n) is 3.61. The lowest BCUT2D eigenvalue weighted by molar-refractivity contribution is -0.384. The Labute approximate surface area is 160 Å². The van der Waals surface area contributed by atoms with Crippen molar-refractivity contribution in [1.29, 1.82) is 0 Å². The van der Waals surface area contributed by atoms with Gasteiger partial charge in [0.2, 0.25) is 0 Å². The molecule has 1 N–H and O–H groups in total. The number of benzene rings is 2. The Bertz CT molecular complexity index is 1070. The number of nitrogens with one attached hydrogen (secondary N) is 1. The number of fused-ring (bicyclic) bond motifs is 1. The lowest BCUT2D eigenvalue weighted by atomic mass is 10.1. The van der Waals surface area contributed by atoms with Gasteiger partial charge in [-0.3, -0.25) is 14.9 Å². The van der Waals surface area contributed by atoms with Crippen molar-refractivity contribution in [2.75, 3.05) is 5.32 Å². The summed E-state index contributed by atoms with van der Waals surface area (Å²) in [5.41, 5.74) is 2.25. The molecule has 140 valence electrons. The maximum Gasteiger partial charge on any atom is 0.269 e. The van der Waals surface area contributed by atoms with Gasteiger partial charge in [-0.1, -0.05) is 12.1 Å². The molecule has 28 heavy (non-hydrogen) atoms. The third-order valence-corrected chi connectivity index (χ3v) is 5.16. The van der Waals surface area contributed by atoms with Gasteiger partial charge in [0.05, 0.1) is 10.5 Å². The molecule has 1 aromatic heterocycles. The number of non-ortho nitro benzene ring substituents is 1. The molecule has 1 atom stereocenters. The van der Waals surface area contributed by atoms with E-state index in [1.165, 1.54) is 12.1 Å². The number of hydrogen-bond acceptors (Lipinski definition) is 5. The van der Waals surface area contributed by atoms with Gasteiger partial charge in [-0.2, -0.15) is 0 Å². The summed E-state index contributed by atoms with van der Waals surface area (Å²) < 4.78 is 6.05. The first-order valence-corrected chi connectivity index (χ1v) is 9.14. The van der Waals surface area contributed by atoms with Crippen molar-refractivity contribution in [3.8, 4) is 11.3 Å². The van der Waals surface area contributed by atoms with E-state index in [9.17, 15) is 14.9 Å². The van der Waals surface area contributed by atoms with Crippen LogP contribution in [0, 0.1) is 10.1 Å². The molecule has 1 fully saturated rings. The number of anilines is 1. The molecule has 7 heteroatoms. The maximum atomic E-state index is 13.0. The van der Waals surface area contributed by atoms with E-state index in [0.717, 1.165) is 24.1 Å². The standard InChI is InChI=1S/C21H17N3O4/c25-21-16-3-1-2-4-17(16)22-20(23(21)14-9-10-14)19-12-11-18(28-19)13-5-7-15(8-6-13)24(26)27/h1-8,11-12,14,20,22H,9-10H2/t20-/m1/s1. The largest absolute Gasteiger partial charge is 0.457 e. The summed E-state index contributed by atoms with van der Waals surface area (Å²) in [5, 5.41) is 14.3. The average molecular weight is 375 g/mol. The van der Waals surface area contributed by atoms with E-state index in [1.807, 2.05) is 41.3 Å². The Hall–Kier alpha value is -3.61. The molecular formula is C21H17N3O4. The number of hydrogen-bond donors (Lipinski definition) is 1. The third kappa shape index (κ3) is 2.72.